The predicted molar refractivity (Wildman–Crippen MR) is 43.6 cm³/mol. The van der Waals surface area contributed by atoms with Crippen LogP contribution >= 0.6 is 0 Å². The minimum atomic E-state index is -0.385. The first-order valence-electron chi connectivity index (χ1n) is 4.63. The molecule has 2 bridgehead atoms. The van der Waals surface area contributed by atoms with E-state index in [1.165, 1.54) is 0 Å². The molecule has 1 aliphatic heterocycles. The molecule has 2 unspecified atom stereocenters. The van der Waals surface area contributed by atoms with Crippen molar-refractivity contribution in [2.75, 3.05) is 0 Å². The van der Waals surface area contributed by atoms with Gasteiger partial charge in [-0.3, -0.25) is 0 Å². The number of esters is 2. The smallest absolute Gasteiger partial charge is 0.343 e. The summed E-state index contributed by atoms with van der Waals surface area (Å²) in [5.41, 5.74) is 1.33. The van der Waals surface area contributed by atoms with E-state index in [0.29, 0.717) is 17.1 Å². The van der Waals surface area contributed by atoms with Crippen molar-refractivity contribution in [3.8, 4) is 0 Å². The van der Waals surface area contributed by atoms with E-state index in [4.69, 9.17) is 0 Å². The molecule has 1 saturated carbocycles. The summed E-state index contributed by atoms with van der Waals surface area (Å²) in [6.07, 6.45) is 3.04. The molecule has 0 spiro atoms. The molecule has 3 aliphatic rings. The van der Waals surface area contributed by atoms with Gasteiger partial charge >= 0.3 is 11.9 Å². The van der Waals surface area contributed by atoms with Crippen LogP contribution < -0.4 is 0 Å². The van der Waals surface area contributed by atoms with E-state index in [0.717, 1.165) is 19.3 Å². The van der Waals surface area contributed by atoms with E-state index in [1.807, 2.05) is 0 Å². The highest BCUT2D eigenvalue weighted by molar-refractivity contribution is 6.14. The Labute approximate surface area is 75.8 Å². The van der Waals surface area contributed by atoms with Crippen molar-refractivity contribution >= 4 is 11.9 Å². The second-order valence-corrected chi connectivity index (χ2v) is 4.47. The summed E-state index contributed by atoms with van der Waals surface area (Å²) in [6.45, 7) is 2.06. The first-order chi connectivity index (χ1) is 6.12. The van der Waals surface area contributed by atoms with Gasteiger partial charge in [0, 0.05) is 5.41 Å². The molecule has 0 radical (unpaired) electrons. The van der Waals surface area contributed by atoms with Crippen molar-refractivity contribution in [2.24, 2.45) is 11.3 Å². The van der Waals surface area contributed by atoms with Gasteiger partial charge in [-0.2, -0.15) is 0 Å². The maximum atomic E-state index is 11.4. The highest BCUT2D eigenvalue weighted by Gasteiger charge is 2.56. The third-order valence-corrected chi connectivity index (χ3v) is 3.63. The lowest BCUT2D eigenvalue weighted by Crippen LogP contribution is -2.18. The van der Waals surface area contributed by atoms with Crippen molar-refractivity contribution in [2.45, 2.75) is 26.2 Å². The number of hydrogen-bond donors (Lipinski definition) is 0. The largest absolute Gasteiger partial charge is 0.386 e. The van der Waals surface area contributed by atoms with Crippen molar-refractivity contribution in [3.63, 3.8) is 0 Å². The van der Waals surface area contributed by atoms with E-state index < -0.39 is 0 Å². The molecule has 3 heteroatoms. The average Bonchev–Trinajstić information content (AvgIpc) is 2.62. The van der Waals surface area contributed by atoms with Crippen LogP contribution in [0.25, 0.3) is 0 Å². The molecule has 0 aromatic heterocycles. The molecule has 0 amide bonds. The molecule has 0 aromatic carbocycles. The van der Waals surface area contributed by atoms with Crippen molar-refractivity contribution in [3.05, 3.63) is 11.1 Å². The molecule has 3 nitrogen and oxygen atoms in total. The topological polar surface area (TPSA) is 43.4 Å². The van der Waals surface area contributed by atoms with E-state index in [2.05, 4.69) is 11.7 Å². The molecule has 68 valence electrons. The maximum absolute atomic E-state index is 11.4. The zero-order valence-electron chi connectivity index (χ0n) is 7.42. The molecular formula is C10H10O3. The quantitative estimate of drug-likeness (QED) is 0.413. The summed E-state index contributed by atoms with van der Waals surface area (Å²) >= 11 is 0. The lowest BCUT2D eigenvalue weighted by atomic mass is 9.81. The average molecular weight is 178 g/mol. The van der Waals surface area contributed by atoms with Crippen molar-refractivity contribution in [1.82, 2.24) is 0 Å². The molecular weight excluding hydrogens is 168 g/mol. The van der Waals surface area contributed by atoms with Gasteiger partial charge < -0.3 is 4.74 Å². The van der Waals surface area contributed by atoms with Crippen LogP contribution in [-0.4, -0.2) is 11.9 Å². The third-order valence-electron chi connectivity index (χ3n) is 3.63. The number of cyclic esters (lactones) is 2. The van der Waals surface area contributed by atoms with Crippen LogP contribution in [0.4, 0.5) is 0 Å². The van der Waals surface area contributed by atoms with Crippen LogP contribution in [0.1, 0.15) is 26.2 Å². The first kappa shape index (κ1) is 7.30. The van der Waals surface area contributed by atoms with Gasteiger partial charge in [0.05, 0.1) is 11.1 Å². The van der Waals surface area contributed by atoms with Crippen LogP contribution in [0.5, 0.6) is 0 Å². The van der Waals surface area contributed by atoms with E-state index in [1.54, 1.807) is 0 Å². The van der Waals surface area contributed by atoms with Gasteiger partial charge in [0.25, 0.3) is 0 Å². The molecule has 2 aliphatic carbocycles. The van der Waals surface area contributed by atoms with Crippen LogP contribution in [0.2, 0.25) is 0 Å². The maximum Gasteiger partial charge on any atom is 0.343 e. The van der Waals surface area contributed by atoms with E-state index in [9.17, 15) is 9.59 Å². The molecule has 1 heterocycles. The molecule has 0 N–H and O–H groups in total. The third kappa shape index (κ3) is 0.666. The monoisotopic (exact) mass is 178 g/mol. The zero-order chi connectivity index (χ0) is 9.22. The van der Waals surface area contributed by atoms with Gasteiger partial charge in [0.1, 0.15) is 0 Å². The van der Waals surface area contributed by atoms with Crippen LogP contribution in [0.3, 0.4) is 0 Å². The van der Waals surface area contributed by atoms with E-state index in [-0.39, 0.29) is 17.4 Å². The number of ether oxygens (including phenoxy) is 1. The molecule has 1 fully saturated rings. The second-order valence-electron chi connectivity index (χ2n) is 4.47. The Balaban J connectivity index is 2.22. The highest BCUT2D eigenvalue weighted by Crippen LogP contribution is 2.59. The number of rotatable bonds is 0. The number of carbonyl (C=O) groups excluding carboxylic acids is 2. The molecule has 0 saturated heterocycles. The van der Waals surface area contributed by atoms with Gasteiger partial charge in [-0.25, -0.2) is 9.59 Å². The molecule has 3 rings (SSSR count). The van der Waals surface area contributed by atoms with Gasteiger partial charge in [-0.05, 0) is 25.2 Å². The molecule has 13 heavy (non-hydrogen) atoms. The summed E-state index contributed by atoms with van der Waals surface area (Å²) in [6, 6.07) is 0. The van der Waals surface area contributed by atoms with Crippen LogP contribution in [0, 0.1) is 11.3 Å². The lowest BCUT2D eigenvalue weighted by molar-refractivity contribution is -0.152. The van der Waals surface area contributed by atoms with Crippen LogP contribution in [0.15, 0.2) is 11.1 Å². The number of fused-ring (bicyclic) bond motifs is 4. The first-order valence-corrected chi connectivity index (χ1v) is 4.63. The Morgan fingerprint density at radius 2 is 2.15 bits per heavy atom. The Bertz CT molecular complexity index is 366. The van der Waals surface area contributed by atoms with Gasteiger partial charge in [-0.15, -0.1) is 0 Å². The fraction of sp³-hybridized carbons (Fsp3) is 0.600. The van der Waals surface area contributed by atoms with Crippen LogP contribution in [-0.2, 0) is 14.3 Å². The Morgan fingerprint density at radius 3 is 2.85 bits per heavy atom. The van der Waals surface area contributed by atoms with Crippen molar-refractivity contribution in [1.29, 1.82) is 0 Å². The summed E-state index contributed by atoms with van der Waals surface area (Å²) in [4.78, 5) is 22.7. The molecule has 0 aromatic rings. The number of hydrogen-bond acceptors (Lipinski definition) is 3. The van der Waals surface area contributed by atoms with Gasteiger partial charge in [-0.1, -0.05) is 6.92 Å². The fourth-order valence-corrected chi connectivity index (χ4v) is 3.06. The summed E-state index contributed by atoms with van der Waals surface area (Å²) < 4.78 is 4.62. The second kappa shape index (κ2) is 1.86. The van der Waals surface area contributed by atoms with Crippen molar-refractivity contribution < 1.29 is 14.3 Å². The minimum Gasteiger partial charge on any atom is -0.386 e. The normalized spacial score (nSPS) is 41.5. The van der Waals surface area contributed by atoms with E-state index >= 15 is 0 Å². The lowest BCUT2D eigenvalue weighted by Gasteiger charge is -2.20. The summed E-state index contributed by atoms with van der Waals surface area (Å²) in [5.74, 6) is -0.461. The fourth-order valence-electron chi connectivity index (χ4n) is 3.06. The SMILES string of the molecule is CC12CCC(C1)C1=C2C(=O)OC1=O. The van der Waals surface area contributed by atoms with Gasteiger partial charge in [0.15, 0.2) is 0 Å². The predicted octanol–water partition coefficient (Wildman–Crippen LogP) is 1.19. The summed E-state index contributed by atoms with van der Waals surface area (Å²) in [5, 5.41) is 0. The van der Waals surface area contributed by atoms with Gasteiger partial charge in [0.2, 0.25) is 0 Å². The minimum absolute atomic E-state index is 0.0523. The Morgan fingerprint density at radius 1 is 1.38 bits per heavy atom. The Kier molecular flexibility index (Phi) is 1.05. The number of carbonyl (C=O) groups is 2. The molecule has 2 atom stereocenters. The zero-order valence-corrected chi connectivity index (χ0v) is 7.42. The highest BCUT2D eigenvalue weighted by atomic mass is 16.6. The Hall–Kier alpha value is -1.12. The summed E-state index contributed by atoms with van der Waals surface area (Å²) in [7, 11) is 0. The standard InChI is InChI=1S/C10H10O3/c1-10-3-2-5(4-10)6-7(10)9(12)13-8(6)11/h5H,2-4H2,1H3.